The van der Waals surface area contributed by atoms with Crippen molar-refractivity contribution < 1.29 is 19.4 Å². The summed E-state index contributed by atoms with van der Waals surface area (Å²) in [4.78, 5) is 28.2. The van der Waals surface area contributed by atoms with Gasteiger partial charge >= 0.3 is 5.97 Å². The highest BCUT2D eigenvalue weighted by Gasteiger charge is 2.41. The monoisotopic (exact) mass is 391 g/mol. The van der Waals surface area contributed by atoms with Gasteiger partial charge < -0.3 is 14.7 Å². The number of likely N-dealkylation sites (tertiary alicyclic amines) is 1. The Morgan fingerprint density at radius 3 is 2.69 bits per heavy atom. The van der Waals surface area contributed by atoms with Crippen LogP contribution < -0.4 is 0 Å². The van der Waals surface area contributed by atoms with Gasteiger partial charge in [-0.15, -0.1) is 11.3 Å². The second kappa shape index (κ2) is 7.02. The Balaban J connectivity index is 1.57. The molecule has 3 heterocycles. The maximum Gasteiger partial charge on any atom is 0.308 e. The van der Waals surface area contributed by atoms with Crippen LogP contribution >= 0.6 is 22.9 Å². The third-order valence-corrected chi connectivity index (χ3v) is 6.54. The molecule has 2 aromatic rings. The Labute approximate surface area is 160 Å². The number of fused-ring (bicyclic) bond motifs is 1. The van der Waals surface area contributed by atoms with Crippen molar-refractivity contribution in [3.63, 3.8) is 0 Å². The molecule has 7 heteroatoms. The summed E-state index contributed by atoms with van der Waals surface area (Å²) in [5.41, 5.74) is 1.98. The van der Waals surface area contributed by atoms with E-state index in [4.69, 9.17) is 16.3 Å². The van der Waals surface area contributed by atoms with Gasteiger partial charge in [0.1, 0.15) is 0 Å². The fraction of sp³-hybridized carbons (Fsp3) is 0.368. The molecular weight excluding hydrogens is 374 g/mol. The van der Waals surface area contributed by atoms with Crippen molar-refractivity contribution >= 4 is 34.8 Å². The molecule has 1 fully saturated rings. The van der Waals surface area contributed by atoms with Crippen molar-refractivity contribution in [2.45, 2.75) is 18.9 Å². The van der Waals surface area contributed by atoms with Gasteiger partial charge in [-0.25, -0.2) is 0 Å². The van der Waals surface area contributed by atoms with Crippen molar-refractivity contribution in [1.29, 1.82) is 0 Å². The van der Waals surface area contributed by atoms with E-state index >= 15 is 0 Å². The number of hydrogen-bond acceptors (Lipinski definition) is 4. The maximum atomic E-state index is 12.9. The molecule has 1 N–H and O–H groups in total. The van der Waals surface area contributed by atoms with Crippen LogP contribution in [0.3, 0.4) is 0 Å². The van der Waals surface area contributed by atoms with Crippen molar-refractivity contribution in [2.75, 3.05) is 19.7 Å². The lowest BCUT2D eigenvalue weighted by molar-refractivity contribution is -0.141. The summed E-state index contributed by atoms with van der Waals surface area (Å²) >= 11 is 7.44. The number of rotatable bonds is 3. The molecule has 0 aliphatic carbocycles. The van der Waals surface area contributed by atoms with E-state index in [2.05, 4.69) is 0 Å². The molecule has 1 aromatic carbocycles. The fourth-order valence-corrected chi connectivity index (χ4v) is 4.92. The van der Waals surface area contributed by atoms with Gasteiger partial charge in [0, 0.05) is 35.3 Å². The molecule has 26 heavy (non-hydrogen) atoms. The zero-order valence-electron chi connectivity index (χ0n) is 14.0. The van der Waals surface area contributed by atoms with Crippen LogP contribution in [0, 0.1) is 5.92 Å². The minimum atomic E-state index is -0.876. The van der Waals surface area contributed by atoms with Crippen molar-refractivity contribution in [3.8, 4) is 0 Å². The summed E-state index contributed by atoms with van der Waals surface area (Å²) < 4.78 is 5.44. The predicted octanol–water partition coefficient (Wildman–Crippen LogP) is 3.41. The molecule has 1 amide bonds. The van der Waals surface area contributed by atoms with Crippen LogP contribution in [-0.2, 0) is 22.6 Å². The standard InChI is InChI=1S/C19H18ClNO4S/c20-13-3-1-11(2-4-13)14-8-21(9-15(14)19(23)24)18(22)17-7-12-10-25-6-5-16(12)26-17/h1-4,7,14-15H,5-6,8-10H2,(H,23,24)/t14-,15+/m0/s1. The van der Waals surface area contributed by atoms with Gasteiger partial charge in [-0.2, -0.15) is 0 Å². The fourth-order valence-electron chi connectivity index (χ4n) is 3.68. The third-order valence-electron chi connectivity index (χ3n) is 5.06. The van der Waals surface area contributed by atoms with Crippen LogP contribution in [-0.4, -0.2) is 41.6 Å². The zero-order valence-corrected chi connectivity index (χ0v) is 15.6. The van der Waals surface area contributed by atoms with E-state index in [0.29, 0.717) is 29.7 Å². The minimum absolute atomic E-state index is 0.0906. The van der Waals surface area contributed by atoms with Gasteiger partial charge in [0.15, 0.2) is 0 Å². The summed E-state index contributed by atoms with van der Waals surface area (Å²) in [7, 11) is 0. The Morgan fingerprint density at radius 1 is 1.23 bits per heavy atom. The molecule has 0 saturated carbocycles. The number of nitrogens with zero attached hydrogens (tertiary/aromatic N) is 1. The number of thiophene rings is 1. The average molecular weight is 392 g/mol. The Morgan fingerprint density at radius 2 is 2.00 bits per heavy atom. The van der Waals surface area contributed by atoms with Crippen molar-refractivity contribution in [1.82, 2.24) is 4.90 Å². The quantitative estimate of drug-likeness (QED) is 0.870. The molecule has 0 spiro atoms. The second-order valence-electron chi connectivity index (χ2n) is 6.67. The molecule has 0 bridgehead atoms. The average Bonchev–Trinajstić information content (AvgIpc) is 3.26. The SMILES string of the molecule is O=C(O)[C@@H]1CN(C(=O)c2cc3c(s2)CCOC3)C[C@H]1c1ccc(Cl)cc1. The molecule has 2 atom stereocenters. The summed E-state index contributed by atoms with van der Waals surface area (Å²) in [6.45, 7) is 1.85. The Kier molecular flexibility index (Phi) is 4.73. The number of carboxylic acid groups (broad SMARTS) is 1. The van der Waals surface area contributed by atoms with Gasteiger partial charge in [-0.05, 0) is 29.3 Å². The number of carbonyl (C=O) groups is 2. The number of carbonyl (C=O) groups excluding carboxylic acids is 1. The number of aliphatic carboxylic acids is 1. The lowest BCUT2D eigenvalue weighted by Gasteiger charge is -2.16. The van der Waals surface area contributed by atoms with Gasteiger partial charge in [0.05, 0.1) is 24.0 Å². The number of carboxylic acids is 1. The summed E-state index contributed by atoms with van der Waals surface area (Å²) in [6.07, 6.45) is 0.832. The molecule has 1 saturated heterocycles. The first-order valence-electron chi connectivity index (χ1n) is 8.50. The first kappa shape index (κ1) is 17.5. The highest BCUT2D eigenvalue weighted by molar-refractivity contribution is 7.14. The van der Waals surface area contributed by atoms with E-state index < -0.39 is 11.9 Å². The normalized spacial score (nSPS) is 22.3. The Bertz CT molecular complexity index is 824. The van der Waals surface area contributed by atoms with Crippen LogP contribution in [0.2, 0.25) is 5.02 Å². The highest BCUT2D eigenvalue weighted by atomic mass is 35.5. The first-order valence-corrected chi connectivity index (χ1v) is 9.69. The van der Waals surface area contributed by atoms with Crippen molar-refractivity contribution in [2.24, 2.45) is 5.92 Å². The van der Waals surface area contributed by atoms with Crippen LogP contribution in [0.5, 0.6) is 0 Å². The van der Waals surface area contributed by atoms with Crippen LogP contribution in [0.15, 0.2) is 30.3 Å². The molecular formula is C19H18ClNO4S. The number of amides is 1. The van der Waals surface area contributed by atoms with Gasteiger partial charge in [-0.1, -0.05) is 23.7 Å². The van der Waals surface area contributed by atoms with E-state index in [0.717, 1.165) is 17.5 Å². The van der Waals surface area contributed by atoms with E-state index in [1.54, 1.807) is 17.0 Å². The molecule has 136 valence electrons. The molecule has 0 radical (unpaired) electrons. The number of halogens is 1. The zero-order chi connectivity index (χ0) is 18.3. The maximum absolute atomic E-state index is 12.9. The van der Waals surface area contributed by atoms with Crippen LogP contribution in [0.1, 0.15) is 31.6 Å². The summed E-state index contributed by atoms with van der Waals surface area (Å²) in [5.74, 6) is -1.81. The van der Waals surface area contributed by atoms with E-state index in [1.165, 1.54) is 16.2 Å². The van der Waals surface area contributed by atoms with Gasteiger partial charge in [0.25, 0.3) is 5.91 Å². The lowest BCUT2D eigenvalue weighted by atomic mass is 9.89. The number of benzene rings is 1. The van der Waals surface area contributed by atoms with E-state index in [-0.39, 0.29) is 18.4 Å². The first-order chi connectivity index (χ1) is 12.5. The molecule has 4 rings (SSSR count). The van der Waals surface area contributed by atoms with Gasteiger partial charge in [0.2, 0.25) is 0 Å². The van der Waals surface area contributed by atoms with E-state index in [1.807, 2.05) is 18.2 Å². The minimum Gasteiger partial charge on any atom is -0.481 e. The number of ether oxygens (including phenoxy) is 1. The van der Waals surface area contributed by atoms with Crippen LogP contribution in [0.25, 0.3) is 0 Å². The van der Waals surface area contributed by atoms with E-state index in [9.17, 15) is 14.7 Å². The predicted molar refractivity (Wildman–Crippen MR) is 98.9 cm³/mol. The number of hydrogen-bond donors (Lipinski definition) is 1. The third kappa shape index (κ3) is 3.24. The largest absolute Gasteiger partial charge is 0.481 e. The molecule has 2 aliphatic rings. The molecule has 5 nitrogen and oxygen atoms in total. The molecule has 1 aromatic heterocycles. The van der Waals surface area contributed by atoms with Crippen LogP contribution in [0.4, 0.5) is 0 Å². The molecule has 2 aliphatic heterocycles. The smallest absolute Gasteiger partial charge is 0.308 e. The van der Waals surface area contributed by atoms with Crippen molar-refractivity contribution in [3.05, 3.63) is 56.2 Å². The lowest BCUT2D eigenvalue weighted by Crippen LogP contribution is -2.29. The summed E-state index contributed by atoms with van der Waals surface area (Å²) in [6, 6.07) is 9.10. The summed E-state index contributed by atoms with van der Waals surface area (Å²) in [5, 5.41) is 10.2. The second-order valence-corrected chi connectivity index (χ2v) is 8.25. The highest BCUT2D eigenvalue weighted by Crippen LogP contribution is 2.36. The van der Waals surface area contributed by atoms with Gasteiger partial charge in [-0.3, -0.25) is 9.59 Å². The molecule has 0 unspecified atom stereocenters. The topological polar surface area (TPSA) is 66.8 Å². The Hall–Kier alpha value is -1.89.